The molecule has 0 unspecified atom stereocenters. The minimum absolute atomic E-state index is 0.0737. The minimum Gasteiger partial charge on any atom is -0.438 e. The molecule has 0 aliphatic rings. The van der Waals surface area contributed by atoms with Gasteiger partial charge in [-0.2, -0.15) is 0 Å². The Bertz CT molecular complexity index is 99.0. The predicted molar refractivity (Wildman–Crippen MR) is 37.5 cm³/mol. The van der Waals surface area contributed by atoms with E-state index in [4.69, 9.17) is 4.74 Å². The summed E-state index contributed by atoms with van der Waals surface area (Å²) < 4.78 is 9.61. The second-order valence-corrected chi connectivity index (χ2v) is 2.20. The topological polar surface area (TPSA) is 35.5 Å². The third kappa shape index (κ3) is 5.56. The highest BCUT2D eigenvalue weighted by atomic mass is 16.7. The summed E-state index contributed by atoms with van der Waals surface area (Å²) in [6.45, 7) is 5.60. The Balaban J connectivity index is 3.12. The summed E-state index contributed by atoms with van der Waals surface area (Å²) in [6.07, 6.45) is 0.520. The van der Waals surface area contributed by atoms with E-state index in [0.717, 1.165) is 0 Å². The molecule has 0 aliphatic heterocycles. The van der Waals surface area contributed by atoms with Gasteiger partial charge >= 0.3 is 5.97 Å². The number of ether oxygens (including phenoxy) is 2. The largest absolute Gasteiger partial charge is 0.438 e. The molecule has 0 aliphatic carbocycles. The lowest BCUT2D eigenvalue weighted by Crippen LogP contribution is -2.10. The summed E-state index contributed by atoms with van der Waals surface area (Å²) in [7, 11) is 0. The van der Waals surface area contributed by atoms with Crippen molar-refractivity contribution in [3.8, 4) is 0 Å². The van der Waals surface area contributed by atoms with Crippen molar-refractivity contribution >= 4 is 5.97 Å². The van der Waals surface area contributed by atoms with Gasteiger partial charge in [-0.05, 0) is 13.8 Å². The Morgan fingerprint density at radius 2 is 2.10 bits per heavy atom. The first-order chi connectivity index (χ1) is 4.66. The quantitative estimate of drug-likeness (QED) is 0.443. The van der Waals surface area contributed by atoms with Crippen LogP contribution in [0.15, 0.2) is 0 Å². The molecule has 0 rings (SSSR count). The molecule has 0 aromatic carbocycles. The van der Waals surface area contributed by atoms with Crippen molar-refractivity contribution in [3.63, 3.8) is 0 Å². The number of carbonyl (C=O) groups is 1. The molecule has 60 valence electrons. The highest BCUT2D eigenvalue weighted by Crippen LogP contribution is 1.89. The van der Waals surface area contributed by atoms with E-state index in [1.54, 1.807) is 6.92 Å². The maximum Gasteiger partial charge on any atom is 0.307 e. The van der Waals surface area contributed by atoms with Crippen molar-refractivity contribution in [2.45, 2.75) is 33.3 Å². The first-order valence-electron chi connectivity index (χ1n) is 3.44. The Labute approximate surface area is 61.3 Å². The Morgan fingerprint density at radius 3 is 2.50 bits per heavy atom. The molecule has 0 atom stereocenters. The molecule has 0 fully saturated rings. The van der Waals surface area contributed by atoms with Crippen molar-refractivity contribution in [2.75, 3.05) is 6.79 Å². The summed E-state index contributed by atoms with van der Waals surface area (Å²) in [4.78, 5) is 10.5. The van der Waals surface area contributed by atoms with Crippen LogP contribution in [-0.4, -0.2) is 18.9 Å². The van der Waals surface area contributed by atoms with E-state index in [2.05, 4.69) is 4.74 Å². The molecule has 3 nitrogen and oxygen atoms in total. The van der Waals surface area contributed by atoms with Crippen LogP contribution in [0.3, 0.4) is 0 Å². The lowest BCUT2D eigenvalue weighted by molar-refractivity contribution is -0.158. The number of esters is 1. The zero-order valence-electron chi connectivity index (χ0n) is 6.72. The van der Waals surface area contributed by atoms with E-state index in [0.29, 0.717) is 6.42 Å². The maximum atomic E-state index is 10.5. The molecule has 0 saturated heterocycles. The van der Waals surface area contributed by atoms with E-state index in [9.17, 15) is 4.79 Å². The van der Waals surface area contributed by atoms with Crippen LogP contribution in [-0.2, 0) is 14.3 Å². The highest BCUT2D eigenvalue weighted by Gasteiger charge is 1.97. The first-order valence-corrected chi connectivity index (χ1v) is 3.44. The molecule has 10 heavy (non-hydrogen) atoms. The molecule has 0 radical (unpaired) electrons. The van der Waals surface area contributed by atoms with Crippen molar-refractivity contribution in [1.82, 2.24) is 0 Å². The first kappa shape index (κ1) is 9.43. The molecule has 0 N–H and O–H groups in total. The molecule has 0 heterocycles. The zero-order valence-corrected chi connectivity index (χ0v) is 6.72. The summed E-state index contributed by atoms with van der Waals surface area (Å²) in [5.74, 6) is -0.222. The standard InChI is InChI=1S/C7H14O3/c1-4-7(8)10-5-9-6(2)3/h6H,4-5H2,1-3H3. The summed E-state index contributed by atoms with van der Waals surface area (Å²) in [5, 5.41) is 0. The van der Waals surface area contributed by atoms with Crippen molar-refractivity contribution < 1.29 is 14.3 Å². The molecule has 0 amide bonds. The van der Waals surface area contributed by atoms with Crippen LogP contribution in [0.4, 0.5) is 0 Å². The fourth-order valence-electron chi connectivity index (χ4n) is 0.338. The van der Waals surface area contributed by atoms with Gasteiger partial charge in [0, 0.05) is 6.42 Å². The lowest BCUT2D eigenvalue weighted by Gasteiger charge is -2.06. The SMILES string of the molecule is CCC(=O)OCOC(C)C. The Morgan fingerprint density at radius 1 is 1.50 bits per heavy atom. The van der Waals surface area contributed by atoms with Gasteiger partial charge in [0.1, 0.15) is 0 Å². The molecule has 0 aromatic heterocycles. The zero-order chi connectivity index (χ0) is 7.98. The average molecular weight is 146 g/mol. The molecule has 3 heteroatoms. The van der Waals surface area contributed by atoms with Gasteiger partial charge in [-0.25, -0.2) is 0 Å². The van der Waals surface area contributed by atoms with Crippen LogP contribution in [0.5, 0.6) is 0 Å². The van der Waals surface area contributed by atoms with Crippen molar-refractivity contribution in [3.05, 3.63) is 0 Å². The van der Waals surface area contributed by atoms with Gasteiger partial charge in [0.05, 0.1) is 6.10 Å². The molecule has 0 spiro atoms. The van der Waals surface area contributed by atoms with Gasteiger partial charge in [-0.1, -0.05) is 6.92 Å². The van der Waals surface area contributed by atoms with E-state index >= 15 is 0 Å². The fourth-order valence-corrected chi connectivity index (χ4v) is 0.338. The average Bonchev–Trinajstić information content (AvgIpc) is 1.87. The molecule has 0 bridgehead atoms. The van der Waals surface area contributed by atoms with E-state index in [1.807, 2.05) is 13.8 Å². The van der Waals surface area contributed by atoms with Crippen LogP contribution in [0.1, 0.15) is 27.2 Å². The van der Waals surface area contributed by atoms with Crippen molar-refractivity contribution in [2.24, 2.45) is 0 Å². The molecule has 0 aromatic rings. The minimum atomic E-state index is -0.222. The smallest absolute Gasteiger partial charge is 0.307 e. The predicted octanol–water partition coefficient (Wildman–Crippen LogP) is 1.32. The highest BCUT2D eigenvalue weighted by molar-refractivity contribution is 5.68. The van der Waals surface area contributed by atoms with Crippen LogP contribution < -0.4 is 0 Å². The normalized spacial score (nSPS) is 10.0. The number of rotatable bonds is 4. The van der Waals surface area contributed by atoms with E-state index < -0.39 is 0 Å². The van der Waals surface area contributed by atoms with Crippen molar-refractivity contribution in [1.29, 1.82) is 0 Å². The van der Waals surface area contributed by atoms with Crippen LogP contribution in [0.2, 0.25) is 0 Å². The summed E-state index contributed by atoms with van der Waals surface area (Å²) in [5.41, 5.74) is 0. The third-order valence-corrected chi connectivity index (χ3v) is 0.910. The van der Waals surface area contributed by atoms with Crippen LogP contribution in [0, 0.1) is 0 Å². The van der Waals surface area contributed by atoms with E-state index in [1.165, 1.54) is 0 Å². The second kappa shape index (κ2) is 5.23. The lowest BCUT2D eigenvalue weighted by atomic mass is 10.5. The Kier molecular flexibility index (Phi) is 4.94. The Hall–Kier alpha value is -0.570. The van der Waals surface area contributed by atoms with E-state index in [-0.39, 0.29) is 18.9 Å². The van der Waals surface area contributed by atoms with Gasteiger partial charge in [0.25, 0.3) is 0 Å². The second-order valence-electron chi connectivity index (χ2n) is 2.20. The van der Waals surface area contributed by atoms with Crippen LogP contribution >= 0.6 is 0 Å². The fraction of sp³-hybridized carbons (Fsp3) is 0.857. The maximum absolute atomic E-state index is 10.5. The van der Waals surface area contributed by atoms with Gasteiger partial charge in [-0.15, -0.1) is 0 Å². The summed E-state index contributed by atoms with van der Waals surface area (Å²) >= 11 is 0. The van der Waals surface area contributed by atoms with Crippen LogP contribution in [0.25, 0.3) is 0 Å². The molecular formula is C7H14O3. The van der Waals surface area contributed by atoms with Gasteiger partial charge in [0.2, 0.25) is 0 Å². The molecule has 0 saturated carbocycles. The van der Waals surface area contributed by atoms with Gasteiger partial charge in [-0.3, -0.25) is 4.79 Å². The number of hydrogen-bond donors (Lipinski definition) is 0. The number of carbonyl (C=O) groups excluding carboxylic acids is 1. The summed E-state index contributed by atoms with van der Waals surface area (Å²) in [6, 6.07) is 0. The number of hydrogen-bond acceptors (Lipinski definition) is 3. The monoisotopic (exact) mass is 146 g/mol. The van der Waals surface area contributed by atoms with Gasteiger partial charge < -0.3 is 9.47 Å². The molecular weight excluding hydrogens is 132 g/mol. The third-order valence-electron chi connectivity index (χ3n) is 0.910. The van der Waals surface area contributed by atoms with Gasteiger partial charge in [0.15, 0.2) is 6.79 Å².